The summed E-state index contributed by atoms with van der Waals surface area (Å²) in [5, 5.41) is 9.76. The first kappa shape index (κ1) is 17.6. The van der Waals surface area contributed by atoms with E-state index in [-0.39, 0.29) is 25.1 Å². The first-order valence-electron chi connectivity index (χ1n) is 7.11. The Morgan fingerprint density at radius 3 is 2.43 bits per heavy atom. The van der Waals surface area contributed by atoms with Crippen LogP contribution in [0.2, 0.25) is 0 Å². The summed E-state index contributed by atoms with van der Waals surface area (Å²) in [5.74, 6) is 0.716. The van der Waals surface area contributed by atoms with Gasteiger partial charge in [-0.3, -0.25) is 4.79 Å². The fraction of sp³-hybridized carbons (Fsp3) is 0.562. The third kappa shape index (κ3) is 6.71. The smallest absolute Gasteiger partial charge is 0.162 e. The quantitative estimate of drug-likeness (QED) is 0.670. The highest BCUT2D eigenvalue weighted by atomic mass is 16.5. The number of carbonyl (C=O) groups is 1. The van der Waals surface area contributed by atoms with Gasteiger partial charge in [0, 0.05) is 19.1 Å². The number of hydrogen-bond acceptors (Lipinski definition) is 5. The highest BCUT2D eigenvalue weighted by molar-refractivity contribution is 5.95. The molecule has 0 saturated carbocycles. The topological polar surface area (TPSA) is 65.0 Å². The van der Waals surface area contributed by atoms with Crippen molar-refractivity contribution in [2.24, 2.45) is 0 Å². The first-order valence-corrected chi connectivity index (χ1v) is 7.11. The number of rotatable bonds is 10. The number of Topliss-reactive ketones (excluding diaryl/α,β-unsaturated/α-hetero) is 1. The van der Waals surface area contributed by atoms with E-state index < -0.39 is 6.10 Å². The Kier molecular flexibility index (Phi) is 7.97. The molecule has 1 N–H and O–H groups in total. The van der Waals surface area contributed by atoms with Crippen molar-refractivity contribution in [3.63, 3.8) is 0 Å². The van der Waals surface area contributed by atoms with Gasteiger partial charge in [0.2, 0.25) is 0 Å². The van der Waals surface area contributed by atoms with E-state index in [0.717, 1.165) is 0 Å². The maximum Gasteiger partial charge on any atom is 0.162 e. The molecule has 0 aliphatic rings. The minimum Gasteiger partial charge on any atom is -0.491 e. The zero-order valence-corrected chi connectivity index (χ0v) is 12.9. The van der Waals surface area contributed by atoms with Crippen LogP contribution < -0.4 is 4.74 Å². The first-order chi connectivity index (χ1) is 10.1. The van der Waals surface area contributed by atoms with Gasteiger partial charge in [-0.1, -0.05) is 6.92 Å². The largest absolute Gasteiger partial charge is 0.491 e. The average Bonchev–Trinajstić information content (AvgIpc) is 2.51. The highest BCUT2D eigenvalue weighted by Gasteiger charge is 2.09. The van der Waals surface area contributed by atoms with Gasteiger partial charge in [0.25, 0.3) is 0 Å². The summed E-state index contributed by atoms with van der Waals surface area (Å²) in [6.07, 6.45) is -0.291. The third-order valence-corrected chi connectivity index (χ3v) is 2.91. The van der Waals surface area contributed by atoms with Crippen LogP contribution in [0.4, 0.5) is 0 Å². The maximum absolute atomic E-state index is 11.5. The van der Waals surface area contributed by atoms with Gasteiger partial charge in [0.1, 0.15) is 18.5 Å². The van der Waals surface area contributed by atoms with E-state index in [1.165, 1.54) is 0 Å². The van der Waals surface area contributed by atoms with E-state index in [4.69, 9.17) is 14.2 Å². The molecule has 5 nitrogen and oxygen atoms in total. The third-order valence-electron chi connectivity index (χ3n) is 2.91. The second kappa shape index (κ2) is 9.50. The number of hydrogen-bond donors (Lipinski definition) is 1. The molecule has 0 aliphatic heterocycles. The van der Waals surface area contributed by atoms with E-state index in [9.17, 15) is 9.90 Å². The lowest BCUT2D eigenvalue weighted by Crippen LogP contribution is -2.27. The highest BCUT2D eigenvalue weighted by Crippen LogP contribution is 2.13. The second-order valence-electron chi connectivity index (χ2n) is 4.87. The normalized spacial score (nSPS) is 13.7. The molecule has 21 heavy (non-hydrogen) atoms. The summed E-state index contributed by atoms with van der Waals surface area (Å²) in [5.41, 5.74) is 0.669. The van der Waals surface area contributed by atoms with Crippen molar-refractivity contribution >= 4 is 5.78 Å². The fourth-order valence-electron chi connectivity index (χ4n) is 1.74. The summed E-state index contributed by atoms with van der Waals surface area (Å²) < 4.78 is 15.8. The summed E-state index contributed by atoms with van der Waals surface area (Å²) in [6.45, 7) is 4.52. The van der Waals surface area contributed by atoms with E-state index in [2.05, 4.69) is 0 Å². The minimum atomic E-state index is -0.707. The number of aliphatic hydroxyl groups is 1. The molecule has 1 aromatic rings. The standard InChI is InChI=1S/C16H24O5/c1-4-16(18)13-5-7-15(8-6-13)21-11-14(17)10-20-12(2)9-19-3/h5-8,12,14,17H,4,9-11H2,1-3H3. The van der Waals surface area contributed by atoms with Gasteiger partial charge in [0.15, 0.2) is 5.78 Å². The molecule has 1 aromatic carbocycles. The van der Waals surface area contributed by atoms with Crippen molar-refractivity contribution < 1.29 is 24.1 Å². The van der Waals surface area contributed by atoms with Crippen molar-refractivity contribution in [1.82, 2.24) is 0 Å². The summed E-state index contributed by atoms with van der Waals surface area (Å²) >= 11 is 0. The Hall–Kier alpha value is -1.43. The molecule has 0 amide bonds. The van der Waals surface area contributed by atoms with Gasteiger partial charge in [-0.2, -0.15) is 0 Å². The molecule has 0 aliphatic carbocycles. The molecule has 0 heterocycles. The summed E-state index contributed by atoms with van der Waals surface area (Å²) in [6, 6.07) is 6.91. The van der Waals surface area contributed by atoms with Crippen LogP contribution in [-0.2, 0) is 9.47 Å². The molecular formula is C16H24O5. The average molecular weight is 296 g/mol. The van der Waals surface area contributed by atoms with E-state index in [1.54, 1.807) is 31.4 Å². The lowest BCUT2D eigenvalue weighted by Gasteiger charge is -2.16. The molecule has 2 atom stereocenters. The van der Waals surface area contributed by atoms with Gasteiger partial charge in [0.05, 0.1) is 19.3 Å². The van der Waals surface area contributed by atoms with Crippen LogP contribution in [0.25, 0.3) is 0 Å². The molecule has 1 rings (SSSR count). The monoisotopic (exact) mass is 296 g/mol. The Labute approximate surface area is 125 Å². The Morgan fingerprint density at radius 1 is 1.19 bits per heavy atom. The molecule has 118 valence electrons. The van der Waals surface area contributed by atoms with Crippen LogP contribution >= 0.6 is 0 Å². The molecule has 5 heteroatoms. The maximum atomic E-state index is 11.5. The van der Waals surface area contributed by atoms with Gasteiger partial charge in [-0.05, 0) is 31.2 Å². The van der Waals surface area contributed by atoms with Crippen LogP contribution in [0.3, 0.4) is 0 Å². The number of carbonyl (C=O) groups excluding carboxylic acids is 1. The number of ether oxygens (including phenoxy) is 3. The van der Waals surface area contributed by atoms with E-state index in [0.29, 0.717) is 24.3 Å². The Morgan fingerprint density at radius 2 is 1.86 bits per heavy atom. The number of benzene rings is 1. The predicted molar refractivity (Wildman–Crippen MR) is 79.9 cm³/mol. The molecule has 2 unspecified atom stereocenters. The zero-order valence-electron chi connectivity index (χ0n) is 12.9. The van der Waals surface area contributed by atoms with Crippen LogP contribution in [0.15, 0.2) is 24.3 Å². The van der Waals surface area contributed by atoms with Crippen LogP contribution in [0, 0.1) is 0 Å². The SMILES string of the molecule is CCC(=O)c1ccc(OCC(O)COC(C)COC)cc1. The summed E-state index contributed by atoms with van der Waals surface area (Å²) in [7, 11) is 1.60. The molecular weight excluding hydrogens is 272 g/mol. The zero-order chi connectivity index (χ0) is 15.7. The fourth-order valence-corrected chi connectivity index (χ4v) is 1.74. The molecule has 0 saturated heterocycles. The van der Waals surface area contributed by atoms with Crippen LogP contribution in [0.1, 0.15) is 30.6 Å². The van der Waals surface area contributed by atoms with Gasteiger partial charge in [-0.25, -0.2) is 0 Å². The van der Waals surface area contributed by atoms with Crippen molar-refractivity contribution in [1.29, 1.82) is 0 Å². The van der Waals surface area contributed by atoms with Crippen LogP contribution in [-0.4, -0.2) is 50.0 Å². The lowest BCUT2D eigenvalue weighted by molar-refractivity contribution is -0.0423. The molecule has 0 bridgehead atoms. The minimum absolute atomic E-state index is 0.0658. The molecule has 0 fully saturated rings. The van der Waals surface area contributed by atoms with Gasteiger partial charge >= 0.3 is 0 Å². The van der Waals surface area contributed by atoms with E-state index in [1.807, 2.05) is 13.8 Å². The Balaban J connectivity index is 2.32. The number of methoxy groups -OCH3 is 1. The van der Waals surface area contributed by atoms with Crippen LogP contribution in [0.5, 0.6) is 5.75 Å². The van der Waals surface area contributed by atoms with Crippen molar-refractivity contribution in [3.8, 4) is 5.75 Å². The van der Waals surface area contributed by atoms with Crippen molar-refractivity contribution in [2.45, 2.75) is 32.5 Å². The second-order valence-corrected chi connectivity index (χ2v) is 4.87. The van der Waals surface area contributed by atoms with E-state index >= 15 is 0 Å². The van der Waals surface area contributed by atoms with Crippen molar-refractivity contribution in [2.75, 3.05) is 26.9 Å². The molecule has 0 aromatic heterocycles. The summed E-state index contributed by atoms with van der Waals surface area (Å²) in [4.78, 5) is 11.5. The van der Waals surface area contributed by atoms with Crippen molar-refractivity contribution in [3.05, 3.63) is 29.8 Å². The number of aliphatic hydroxyl groups excluding tert-OH is 1. The number of ketones is 1. The predicted octanol–water partition coefficient (Wildman–Crippen LogP) is 2.07. The molecule has 0 radical (unpaired) electrons. The Bertz CT molecular complexity index is 415. The van der Waals surface area contributed by atoms with Gasteiger partial charge in [-0.15, -0.1) is 0 Å². The van der Waals surface area contributed by atoms with Gasteiger partial charge < -0.3 is 19.3 Å². The lowest BCUT2D eigenvalue weighted by atomic mass is 10.1. The molecule has 0 spiro atoms.